The Morgan fingerprint density at radius 2 is 2.06 bits per heavy atom. The van der Waals surface area contributed by atoms with E-state index in [2.05, 4.69) is 21.8 Å². The van der Waals surface area contributed by atoms with Crippen LogP contribution in [0, 0.1) is 0 Å². The Morgan fingerprint density at radius 1 is 1.44 bits per heavy atom. The molecule has 1 aromatic heterocycles. The Kier molecular flexibility index (Phi) is 3.97. The van der Waals surface area contributed by atoms with Crippen molar-refractivity contribution < 1.29 is 9.53 Å². The summed E-state index contributed by atoms with van der Waals surface area (Å²) < 4.78 is 6.22. The fourth-order valence-corrected chi connectivity index (χ4v) is 1.28. The van der Waals surface area contributed by atoms with Crippen molar-refractivity contribution in [2.24, 2.45) is 0 Å². The zero-order valence-electron chi connectivity index (χ0n) is 9.89. The molecule has 16 heavy (non-hydrogen) atoms. The van der Waals surface area contributed by atoms with Crippen LogP contribution in [0.5, 0.6) is 0 Å². The SMILES string of the molecule is CN(C(=O)OC(C)(C)C)c1ccc([As])cn1. The van der Waals surface area contributed by atoms with E-state index in [1.165, 1.54) is 4.90 Å². The van der Waals surface area contributed by atoms with Crippen LogP contribution < -0.4 is 9.25 Å². The van der Waals surface area contributed by atoms with Crippen LogP contribution in [0.3, 0.4) is 0 Å². The molecule has 1 aromatic rings. The number of hydrogen-bond acceptors (Lipinski definition) is 3. The van der Waals surface area contributed by atoms with Gasteiger partial charge in [-0.25, -0.2) is 0 Å². The number of hydrogen-bond donors (Lipinski definition) is 0. The molecule has 0 aliphatic carbocycles. The van der Waals surface area contributed by atoms with Crippen molar-refractivity contribution in [2.45, 2.75) is 26.4 Å². The number of aromatic nitrogens is 1. The Bertz CT molecular complexity index is 371. The van der Waals surface area contributed by atoms with Crippen LogP contribution in [0.25, 0.3) is 0 Å². The van der Waals surface area contributed by atoms with Crippen LogP contribution in [-0.2, 0) is 4.74 Å². The molecule has 0 fully saturated rings. The van der Waals surface area contributed by atoms with Gasteiger partial charge < -0.3 is 0 Å². The molecule has 1 heterocycles. The van der Waals surface area contributed by atoms with Crippen molar-refractivity contribution in [1.29, 1.82) is 0 Å². The standard InChI is InChI=1S/C11H15AsN2O2/c1-11(2,3)16-10(15)14(4)9-6-5-8(12)7-13-9/h5-7H,1-4H3. The van der Waals surface area contributed by atoms with E-state index in [1.54, 1.807) is 19.3 Å². The summed E-state index contributed by atoms with van der Waals surface area (Å²) >= 11 is 2.39. The second-order valence-electron chi connectivity index (χ2n) is 4.41. The maximum atomic E-state index is 11.7. The predicted octanol–water partition coefficient (Wildman–Crippen LogP) is 1.25. The first-order valence-corrected chi connectivity index (χ1v) is 5.85. The maximum absolute atomic E-state index is 11.7. The summed E-state index contributed by atoms with van der Waals surface area (Å²) in [6.07, 6.45) is 1.29. The van der Waals surface area contributed by atoms with Crippen LogP contribution in [0.1, 0.15) is 20.8 Å². The van der Waals surface area contributed by atoms with Gasteiger partial charge in [0.25, 0.3) is 0 Å². The number of nitrogens with zero attached hydrogens (tertiary/aromatic N) is 2. The summed E-state index contributed by atoms with van der Waals surface area (Å²) in [7, 11) is 1.64. The molecule has 1 amide bonds. The number of anilines is 1. The van der Waals surface area contributed by atoms with E-state index >= 15 is 0 Å². The number of carbonyl (C=O) groups is 1. The minimum absolute atomic E-state index is 0.404. The molecule has 4 nitrogen and oxygen atoms in total. The van der Waals surface area contributed by atoms with Crippen molar-refractivity contribution in [3.05, 3.63) is 18.3 Å². The quantitative estimate of drug-likeness (QED) is 0.728. The second kappa shape index (κ2) is 4.87. The van der Waals surface area contributed by atoms with Gasteiger partial charge in [-0.1, -0.05) is 0 Å². The number of amides is 1. The van der Waals surface area contributed by atoms with Gasteiger partial charge >= 0.3 is 104 Å². The molecule has 2 radical (unpaired) electrons. The minimum atomic E-state index is -0.493. The fourth-order valence-electron chi connectivity index (χ4n) is 1.00. The third-order valence-electron chi connectivity index (χ3n) is 1.74. The molecular formula is C11H15AsN2O2. The molecule has 0 bridgehead atoms. The summed E-state index contributed by atoms with van der Waals surface area (Å²) in [6, 6.07) is 3.65. The van der Waals surface area contributed by atoms with Gasteiger partial charge in [0.1, 0.15) is 0 Å². The average Bonchev–Trinajstić information content (AvgIpc) is 2.15. The molecule has 0 atom stereocenters. The van der Waals surface area contributed by atoms with Crippen molar-refractivity contribution in [3.63, 3.8) is 0 Å². The van der Waals surface area contributed by atoms with E-state index < -0.39 is 11.7 Å². The molecule has 0 aromatic carbocycles. The summed E-state index contributed by atoms with van der Waals surface area (Å²) in [4.78, 5) is 17.2. The van der Waals surface area contributed by atoms with Crippen molar-refractivity contribution in [2.75, 3.05) is 11.9 Å². The van der Waals surface area contributed by atoms with Crippen LogP contribution in [-0.4, -0.2) is 40.6 Å². The molecule has 5 heteroatoms. The van der Waals surface area contributed by atoms with E-state index in [4.69, 9.17) is 4.74 Å². The Morgan fingerprint density at radius 3 is 2.50 bits per heavy atom. The zero-order valence-corrected chi connectivity index (χ0v) is 11.8. The summed E-state index contributed by atoms with van der Waals surface area (Å²) in [5.74, 6) is 0.573. The van der Waals surface area contributed by atoms with Gasteiger partial charge in [0.2, 0.25) is 0 Å². The van der Waals surface area contributed by atoms with E-state index in [0.717, 1.165) is 4.35 Å². The Hall–Kier alpha value is -1.02. The van der Waals surface area contributed by atoms with Crippen LogP contribution in [0.15, 0.2) is 18.3 Å². The number of ether oxygens (including phenoxy) is 1. The second-order valence-corrected chi connectivity index (χ2v) is 5.50. The van der Waals surface area contributed by atoms with Gasteiger partial charge in [0, 0.05) is 0 Å². The molecule has 0 saturated heterocycles. The first kappa shape index (κ1) is 13.0. The zero-order chi connectivity index (χ0) is 12.3. The average molecular weight is 282 g/mol. The molecule has 0 spiro atoms. The summed E-state index contributed by atoms with van der Waals surface area (Å²) in [5.41, 5.74) is -0.493. The van der Waals surface area contributed by atoms with Gasteiger partial charge in [-0.2, -0.15) is 0 Å². The molecule has 0 saturated carbocycles. The third-order valence-corrected chi connectivity index (χ3v) is 2.30. The van der Waals surface area contributed by atoms with E-state index in [1.807, 2.05) is 26.8 Å². The van der Waals surface area contributed by atoms with Crippen molar-refractivity contribution >= 4 is 33.1 Å². The summed E-state index contributed by atoms with van der Waals surface area (Å²) in [6.45, 7) is 5.50. The molecule has 1 rings (SSSR count). The van der Waals surface area contributed by atoms with Gasteiger partial charge in [-0.15, -0.1) is 0 Å². The molecule has 86 valence electrons. The Balaban J connectivity index is 2.74. The van der Waals surface area contributed by atoms with E-state index in [0.29, 0.717) is 5.82 Å². The fraction of sp³-hybridized carbons (Fsp3) is 0.455. The monoisotopic (exact) mass is 282 g/mol. The van der Waals surface area contributed by atoms with Gasteiger partial charge in [0.15, 0.2) is 0 Å². The van der Waals surface area contributed by atoms with Gasteiger partial charge in [-0.05, 0) is 0 Å². The van der Waals surface area contributed by atoms with E-state index in [9.17, 15) is 4.79 Å². The number of carbonyl (C=O) groups excluding carboxylic acids is 1. The van der Waals surface area contributed by atoms with Gasteiger partial charge in [-0.3, -0.25) is 0 Å². The number of pyridine rings is 1. The van der Waals surface area contributed by atoms with Crippen LogP contribution in [0.4, 0.5) is 10.6 Å². The number of rotatable bonds is 1. The topological polar surface area (TPSA) is 42.4 Å². The molecule has 0 N–H and O–H groups in total. The van der Waals surface area contributed by atoms with Crippen molar-refractivity contribution in [1.82, 2.24) is 4.98 Å². The van der Waals surface area contributed by atoms with Gasteiger partial charge in [0.05, 0.1) is 0 Å². The predicted molar refractivity (Wildman–Crippen MR) is 64.3 cm³/mol. The molecular weight excluding hydrogens is 267 g/mol. The first-order valence-electron chi connectivity index (χ1n) is 4.91. The normalized spacial score (nSPS) is 11.1. The van der Waals surface area contributed by atoms with Crippen LogP contribution in [0.2, 0.25) is 0 Å². The molecule has 0 aliphatic heterocycles. The first-order chi connectivity index (χ1) is 7.29. The Labute approximate surface area is 104 Å². The summed E-state index contributed by atoms with van der Waals surface area (Å²) in [5, 5.41) is 0. The third kappa shape index (κ3) is 3.86. The molecule has 0 aliphatic rings. The van der Waals surface area contributed by atoms with E-state index in [-0.39, 0.29) is 0 Å². The molecule has 0 unspecified atom stereocenters. The van der Waals surface area contributed by atoms with Crippen LogP contribution >= 0.6 is 0 Å². The van der Waals surface area contributed by atoms with Crippen molar-refractivity contribution in [3.8, 4) is 0 Å².